The van der Waals surface area contributed by atoms with Gasteiger partial charge < -0.3 is 14.2 Å². The third kappa shape index (κ3) is 6.43. The number of esters is 1. The van der Waals surface area contributed by atoms with E-state index < -0.39 is 40.7 Å². The highest BCUT2D eigenvalue weighted by Gasteiger charge is 2.45. The molecule has 20 heavy (non-hydrogen) atoms. The Morgan fingerprint density at radius 3 is 2.15 bits per heavy atom. The van der Waals surface area contributed by atoms with E-state index in [1.54, 1.807) is 0 Å². The molecule has 0 aromatic carbocycles. The number of hydrogen-bond donors (Lipinski definition) is 1. The van der Waals surface area contributed by atoms with E-state index in [0.29, 0.717) is 0 Å². The van der Waals surface area contributed by atoms with Crippen LogP contribution in [0, 0.1) is 0 Å². The number of carbonyl (C=O) groups is 2. The molecule has 0 aliphatic carbocycles. The van der Waals surface area contributed by atoms with Crippen molar-refractivity contribution in [3.8, 4) is 0 Å². The number of ether oxygens (including phenoxy) is 3. The highest BCUT2D eigenvalue weighted by molar-refractivity contribution is 7.86. The first kappa shape index (κ1) is 18.2. The Hall–Kier alpha value is -1.75. The van der Waals surface area contributed by atoms with Crippen LogP contribution >= 0.6 is 0 Å². The first-order chi connectivity index (χ1) is 8.97. The van der Waals surface area contributed by atoms with E-state index >= 15 is 0 Å². The zero-order chi connectivity index (χ0) is 16.0. The summed E-state index contributed by atoms with van der Waals surface area (Å²) in [5.74, 6) is -0.736. The summed E-state index contributed by atoms with van der Waals surface area (Å²) >= 11 is 0. The van der Waals surface area contributed by atoms with Crippen molar-refractivity contribution >= 4 is 22.2 Å². The maximum absolute atomic E-state index is 12.6. The van der Waals surface area contributed by atoms with Gasteiger partial charge in [0.1, 0.15) is 13.2 Å². The van der Waals surface area contributed by atoms with Crippen molar-refractivity contribution in [1.82, 2.24) is 0 Å². The minimum absolute atomic E-state index is 0.111. The number of alkyl halides is 2. The minimum atomic E-state index is -5.69. The predicted molar refractivity (Wildman–Crippen MR) is 59.6 cm³/mol. The van der Waals surface area contributed by atoms with Gasteiger partial charge in [-0.05, 0) is 6.92 Å². The van der Waals surface area contributed by atoms with Crippen LogP contribution in [-0.4, -0.2) is 50.2 Å². The number of rotatable bonds is 7. The standard InChI is InChI=1S/C9H12F2O8S/c1-6(2)7(12)17-3-4-18-8(13)19-5-9(10,11)20(14,15)16/h1,3-5H2,2H3,(H,14,15,16). The van der Waals surface area contributed by atoms with Crippen LogP contribution in [0.4, 0.5) is 13.6 Å². The molecule has 1 N–H and O–H groups in total. The fourth-order valence-corrected chi connectivity index (χ4v) is 0.849. The lowest BCUT2D eigenvalue weighted by Crippen LogP contribution is -2.34. The van der Waals surface area contributed by atoms with Gasteiger partial charge >= 0.3 is 27.5 Å². The quantitative estimate of drug-likeness (QED) is 0.316. The summed E-state index contributed by atoms with van der Waals surface area (Å²) in [7, 11) is -5.69. The van der Waals surface area contributed by atoms with Crippen molar-refractivity contribution in [3.63, 3.8) is 0 Å². The van der Waals surface area contributed by atoms with Crippen molar-refractivity contribution in [2.24, 2.45) is 0 Å². The van der Waals surface area contributed by atoms with Gasteiger partial charge in [-0.25, -0.2) is 9.59 Å². The molecular weight excluding hydrogens is 306 g/mol. The molecule has 0 atom stereocenters. The van der Waals surface area contributed by atoms with Gasteiger partial charge in [0.2, 0.25) is 0 Å². The Labute approximate surface area is 113 Å². The molecule has 8 nitrogen and oxygen atoms in total. The first-order valence-electron chi connectivity index (χ1n) is 4.94. The molecule has 0 aromatic heterocycles. The van der Waals surface area contributed by atoms with Gasteiger partial charge in [0.05, 0.1) is 0 Å². The smallest absolute Gasteiger partial charge is 0.459 e. The summed E-state index contributed by atoms with van der Waals surface area (Å²) in [6, 6.07) is 0. The van der Waals surface area contributed by atoms with E-state index in [-0.39, 0.29) is 12.2 Å². The maximum atomic E-state index is 12.6. The second-order valence-electron chi connectivity index (χ2n) is 3.42. The molecule has 0 aliphatic rings. The van der Waals surface area contributed by atoms with Gasteiger partial charge in [-0.15, -0.1) is 0 Å². The number of halogens is 2. The summed E-state index contributed by atoms with van der Waals surface area (Å²) in [5, 5.41) is -4.64. The van der Waals surface area contributed by atoms with E-state index in [4.69, 9.17) is 4.55 Å². The fraction of sp³-hybridized carbons (Fsp3) is 0.556. The minimum Gasteiger partial charge on any atom is -0.459 e. The second kappa shape index (κ2) is 7.14. The average molecular weight is 318 g/mol. The summed E-state index contributed by atoms with van der Waals surface area (Å²) < 4.78 is 66.2. The number of hydrogen-bond acceptors (Lipinski definition) is 7. The largest absolute Gasteiger partial charge is 0.508 e. The van der Waals surface area contributed by atoms with Crippen molar-refractivity contribution in [2.75, 3.05) is 19.8 Å². The van der Waals surface area contributed by atoms with Gasteiger partial charge in [-0.2, -0.15) is 17.2 Å². The summed E-state index contributed by atoms with van der Waals surface area (Å²) in [6.07, 6.45) is -1.61. The van der Waals surface area contributed by atoms with Crippen LogP contribution in [0.1, 0.15) is 6.92 Å². The topological polar surface area (TPSA) is 116 Å². The van der Waals surface area contributed by atoms with Crippen LogP contribution in [0.2, 0.25) is 0 Å². The lowest BCUT2D eigenvalue weighted by Gasteiger charge is -2.12. The summed E-state index contributed by atoms with van der Waals surface area (Å²) in [6.45, 7) is 1.90. The van der Waals surface area contributed by atoms with Crippen molar-refractivity contribution in [2.45, 2.75) is 12.2 Å². The summed E-state index contributed by atoms with van der Waals surface area (Å²) in [4.78, 5) is 21.7. The Kier molecular flexibility index (Phi) is 6.52. The Morgan fingerprint density at radius 1 is 1.20 bits per heavy atom. The predicted octanol–water partition coefficient (Wildman–Crippen LogP) is 0.740. The van der Waals surface area contributed by atoms with Crippen molar-refractivity contribution in [3.05, 3.63) is 12.2 Å². The molecule has 0 aliphatic heterocycles. The molecule has 0 heterocycles. The zero-order valence-corrected chi connectivity index (χ0v) is 11.1. The summed E-state index contributed by atoms with van der Waals surface area (Å²) in [5.41, 5.74) is 0.111. The molecule has 116 valence electrons. The molecule has 0 radical (unpaired) electrons. The van der Waals surface area contributed by atoms with E-state index in [1.807, 2.05) is 0 Å². The van der Waals surface area contributed by atoms with Crippen LogP contribution in [0.25, 0.3) is 0 Å². The van der Waals surface area contributed by atoms with Crippen LogP contribution in [-0.2, 0) is 29.1 Å². The molecule has 0 saturated heterocycles. The van der Waals surface area contributed by atoms with Gasteiger partial charge in [0.25, 0.3) is 0 Å². The maximum Gasteiger partial charge on any atom is 0.508 e. The van der Waals surface area contributed by atoms with Gasteiger partial charge in [0.15, 0.2) is 6.61 Å². The van der Waals surface area contributed by atoms with Crippen LogP contribution < -0.4 is 0 Å². The molecule has 0 spiro atoms. The monoisotopic (exact) mass is 318 g/mol. The molecule has 11 heteroatoms. The van der Waals surface area contributed by atoms with E-state index in [2.05, 4.69) is 20.8 Å². The molecule has 0 rings (SSSR count). The van der Waals surface area contributed by atoms with Crippen LogP contribution in [0.15, 0.2) is 12.2 Å². The molecule has 0 bridgehead atoms. The zero-order valence-electron chi connectivity index (χ0n) is 10.3. The SMILES string of the molecule is C=C(C)C(=O)OCCOC(=O)OCC(F)(F)S(=O)(=O)O. The molecule has 0 fully saturated rings. The van der Waals surface area contributed by atoms with Crippen molar-refractivity contribution < 1.29 is 45.6 Å². The first-order valence-corrected chi connectivity index (χ1v) is 6.38. The van der Waals surface area contributed by atoms with Gasteiger partial charge in [0, 0.05) is 5.57 Å². The second-order valence-corrected chi connectivity index (χ2v) is 4.96. The molecule has 0 unspecified atom stereocenters. The third-order valence-electron chi connectivity index (χ3n) is 1.62. The van der Waals surface area contributed by atoms with E-state index in [9.17, 15) is 26.8 Å². The lowest BCUT2D eigenvalue weighted by atomic mass is 10.4. The Morgan fingerprint density at radius 2 is 1.70 bits per heavy atom. The van der Waals surface area contributed by atoms with Gasteiger partial charge in [-0.3, -0.25) is 4.55 Å². The lowest BCUT2D eigenvalue weighted by molar-refractivity contribution is -0.140. The van der Waals surface area contributed by atoms with Crippen molar-refractivity contribution in [1.29, 1.82) is 0 Å². The highest BCUT2D eigenvalue weighted by Crippen LogP contribution is 2.20. The average Bonchev–Trinajstić information content (AvgIpc) is 2.30. The van der Waals surface area contributed by atoms with Gasteiger partial charge in [-0.1, -0.05) is 6.58 Å². The Balaban J connectivity index is 3.97. The highest BCUT2D eigenvalue weighted by atomic mass is 32.2. The number of carbonyl (C=O) groups excluding carboxylic acids is 2. The Bertz CT molecular complexity index is 484. The van der Waals surface area contributed by atoms with E-state index in [0.717, 1.165) is 0 Å². The van der Waals surface area contributed by atoms with Crippen LogP contribution in [0.3, 0.4) is 0 Å². The fourth-order valence-electron chi connectivity index (χ4n) is 0.642. The molecule has 0 aromatic rings. The molecular formula is C9H12F2O8S. The third-order valence-corrected chi connectivity index (χ3v) is 2.49. The molecule has 0 amide bonds. The normalized spacial score (nSPS) is 11.6. The van der Waals surface area contributed by atoms with E-state index in [1.165, 1.54) is 6.92 Å². The molecule has 0 saturated carbocycles. The van der Waals surface area contributed by atoms with Crippen LogP contribution in [0.5, 0.6) is 0 Å².